The van der Waals surface area contributed by atoms with E-state index in [1.807, 2.05) is 37.4 Å². The summed E-state index contributed by atoms with van der Waals surface area (Å²) >= 11 is 0. The molecule has 1 unspecified atom stereocenters. The number of para-hydroxylation sites is 1. The number of hydrogen-bond donors (Lipinski definition) is 1. The number of amides is 1. The van der Waals surface area contributed by atoms with Crippen molar-refractivity contribution in [2.75, 3.05) is 38.1 Å². The maximum absolute atomic E-state index is 12.6. The van der Waals surface area contributed by atoms with Crippen LogP contribution in [0.15, 0.2) is 30.3 Å². The Balaban J connectivity index is 2.04. The second-order valence-corrected chi connectivity index (χ2v) is 5.30. The monoisotopic (exact) mass is 286 g/mol. The number of hydrogen-bond acceptors (Lipinski definition) is 4. The highest BCUT2D eigenvalue weighted by Crippen LogP contribution is 2.18. The molecule has 1 fully saturated rings. The number of rotatable bonds is 6. The molecular formula is C16H22N4O. The molecule has 1 aromatic carbocycles. The van der Waals surface area contributed by atoms with Crippen LogP contribution in [0.5, 0.6) is 0 Å². The van der Waals surface area contributed by atoms with Gasteiger partial charge in [-0.25, -0.2) is 0 Å². The zero-order valence-corrected chi connectivity index (χ0v) is 12.5. The smallest absolute Gasteiger partial charge is 0.242 e. The summed E-state index contributed by atoms with van der Waals surface area (Å²) in [6.07, 6.45) is 2.25. The van der Waals surface area contributed by atoms with Crippen LogP contribution in [0.2, 0.25) is 0 Å². The fourth-order valence-corrected chi connectivity index (χ4v) is 2.83. The Morgan fingerprint density at radius 3 is 2.90 bits per heavy atom. The first-order valence-corrected chi connectivity index (χ1v) is 7.37. The predicted molar refractivity (Wildman–Crippen MR) is 82.9 cm³/mol. The van der Waals surface area contributed by atoms with Gasteiger partial charge in [0.25, 0.3) is 0 Å². The topological polar surface area (TPSA) is 59.4 Å². The summed E-state index contributed by atoms with van der Waals surface area (Å²) in [5, 5.41) is 12.2. The van der Waals surface area contributed by atoms with Crippen molar-refractivity contribution in [3.63, 3.8) is 0 Å². The number of carbonyl (C=O) groups is 1. The van der Waals surface area contributed by atoms with Crippen molar-refractivity contribution in [1.82, 2.24) is 10.2 Å². The summed E-state index contributed by atoms with van der Waals surface area (Å²) in [7, 11) is 1.93. The van der Waals surface area contributed by atoms with Crippen LogP contribution >= 0.6 is 0 Å². The summed E-state index contributed by atoms with van der Waals surface area (Å²) in [6, 6.07) is 11.9. The van der Waals surface area contributed by atoms with Crippen LogP contribution in [0, 0.1) is 11.3 Å². The van der Waals surface area contributed by atoms with Gasteiger partial charge in [0.05, 0.1) is 12.6 Å². The predicted octanol–water partition coefficient (Wildman–Crippen LogP) is 1.23. The van der Waals surface area contributed by atoms with E-state index in [4.69, 9.17) is 5.26 Å². The fraction of sp³-hybridized carbons (Fsp3) is 0.500. The van der Waals surface area contributed by atoms with Crippen LogP contribution in [0.4, 0.5) is 5.69 Å². The van der Waals surface area contributed by atoms with E-state index in [1.54, 1.807) is 4.90 Å². The Labute approximate surface area is 126 Å². The van der Waals surface area contributed by atoms with Gasteiger partial charge in [0, 0.05) is 18.3 Å². The van der Waals surface area contributed by atoms with Crippen molar-refractivity contribution < 1.29 is 4.79 Å². The van der Waals surface area contributed by atoms with Crippen LogP contribution in [0.1, 0.15) is 12.8 Å². The number of nitrogens with zero attached hydrogens (tertiary/aromatic N) is 3. The quantitative estimate of drug-likeness (QED) is 0.799. The average Bonchev–Trinajstić information content (AvgIpc) is 2.93. The van der Waals surface area contributed by atoms with Gasteiger partial charge in [-0.2, -0.15) is 5.26 Å². The highest BCUT2D eigenvalue weighted by molar-refractivity contribution is 5.95. The van der Waals surface area contributed by atoms with Crippen molar-refractivity contribution in [1.29, 1.82) is 5.26 Å². The molecule has 1 saturated heterocycles. The van der Waals surface area contributed by atoms with Crippen LogP contribution in [-0.4, -0.2) is 50.1 Å². The van der Waals surface area contributed by atoms with Crippen LogP contribution in [-0.2, 0) is 4.79 Å². The first-order chi connectivity index (χ1) is 10.3. The Morgan fingerprint density at radius 2 is 2.24 bits per heavy atom. The Hall–Kier alpha value is -1.90. The molecule has 0 saturated carbocycles. The molecule has 0 aromatic heterocycles. The highest BCUT2D eigenvalue weighted by Gasteiger charge is 2.27. The first kappa shape index (κ1) is 15.5. The first-order valence-electron chi connectivity index (χ1n) is 7.37. The molecule has 21 heavy (non-hydrogen) atoms. The van der Waals surface area contributed by atoms with E-state index < -0.39 is 0 Å². The number of anilines is 1. The summed E-state index contributed by atoms with van der Waals surface area (Å²) in [5.74, 6) is -0.00856. The third-order valence-corrected chi connectivity index (χ3v) is 3.87. The maximum atomic E-state index is 12.6. The molecule has 2 rings (SSSR count). The largest absolute Gasteiger partial charge is 0.318 e. The molecule has 1 aliphatic heterocycles. The van der Waals surface area contributed by atoms with Gasteiger partial charge >= 0.3 is 0 Å². The summed E-state index contributed by atoms with van der Waals surface area (Å²) in [5.41, 5.74) is 0.786. The van der Waals surface area contributed by atoms with Crippen LogP contribution in [0.25, 0.3) is 0 Å². The molecule has 5 heteroatoms. The van der Waals surface area contributed by atoms with E-state index in [9.17, 15) is 4.79 Å². The lowest BCUT2D eigenvalue weighted by Gasteiger charge is -2.27. The second-order valence-electron chi connectivity index (χ2n) is 5.30. The lowest BCUT2D eigenvalue weighted by molar-refractivity contribution is -0.119. The average molecular weight is 286 g/mol. The standard InChI is InChI=1S/C16H22N4O/c1-18-12-15-8-5-10-19(15)13-16(21)20(11-9-17)14-6-3-2-4-7-14/h2-4,6-7,15,18H,5,8,10-13H2,1H3. The Bertz CT molecular complexity index is 497. The molecule has 112 valence electrons. The Morgan fingerprint density at radius 1 is 1.48 bits per heavy atom. The molecule has 1 aromatic rings. The maximum Gasteiger partial charge on any atom is 0.242 e. The summed E-state index contributed by atoms with van der Waals surface area (Å²) < 4.78 is 0. The van der Waals surface area contributed by atoms with Crippen molar-refractivity contribution in [3.8, 4) is 6.07 Å². The van der Waals surface area contributed by atoms with Crippen LogP contribution < -0.4 is 10.2 Å². The third kappa shape index (κ3) is 4.03. The van der Waals surface area contributed by atoms with E-state index in [0.29, 0.717) is 12.6 Å². The minimum Gasteiger partial charge on any atom is -0.318 e. The lowest BCUT2D eigenvalue weighted by Crippen LogP contribution is -2.45. The second kappa shape index (κ2) is 7.77. The van der Waals surface area contributed by atoms with Crippen molar-refractivity contribution in [2.24, 2.45) is 0 Å². The SMILES string of the molecule is CNCC1CCCN1CC(=O)N(CC#N)c1ccccc1. The van der Waals surface area contributed by atoms with E-state index >= 15 is 0 Å². The molecule has 0 bridgehead atoms. The minimum absolute atomic E-state index is 0.00856. The number of nitriles is 1. The summed E-state index contributed by atoms with van der Waals surface area (Å²) in [4.78, 5) is 16.3. The number of likely N-dealkylation sites (tertiary alicyclic amines) is 1. The normalized spacial score (nSPS) is 18.4. The van der Waals surface area contributed by atoms with Gasteiger partial charge in [0.1, 0.15) is 6.54 Å². The van der Waals surface area contributed by atoms with Gasteiger partial charge in [-0.3, -0.25) is 14.6 Å². The van der Waals surface area contributed by atoms with E-state index in [0.717, 1.165) is 31.6 Å². The third-order valence-electron chi connectivity index (χ3n) is 3.87. The molecular weight excluding hydrogens is 264 g/mol. The van der Waals surface area contributed by atoms with Crippen molar-refractivity contribution in [2.45, 2.75) is 18.9 Å². The van der Waals surface area contributed by atoms with Gasteiger partial charge in [0.2, 0.25) is 5.91 Å². The molecule has 0 spiro atoms. The highest BCUT2D eigenvalue weighted by atomic mass is 16.2. The zero-order chi connectivity index (χ0) is 15.1. The molecule has 0 radical (unpaired) electrons. The fourth-order valence-electron chi connectivity index (χ4n) is 2.83. The molecule has 5 nitrogen and oxygen atoms in total. The minimum atomic E-state index is -0.00856. The van der Waals surface area contributed by atoms with Gasteiger partial charge in [-0.15, -0.1) is 0 Å². The van der Waals surface area contributed by atoms with Gasteiger partial charge < -0.3 is 5.32 Å². The van der Waals surface area contributed by atoms with Gasteiger partial charge in [-0.05, 0) is 38.6 Å². The number of likely N-dealkylation sites (N-methyl/N-ethyl adjacent to an activating group) is 1. The van der Waals surface area contributed by atoms with E-state index in [2.05, 4.69) is 16.3 Å². The molecule has 1 N–H and O–H groups in total. The van der Waals surface area contributed by atoms with Gasteiger partial charge in [-0.1, -0.05) is 18.2 Å². The Kier molecular flexibility index (Phi) is 5.73. The summed E-state index contributed by atoms with van der Waals surface area (Å²) in [6.45, 7) is 2.32. The lowest BCUT2D eigenvalue weighted by atomic mass is 10.2. The number of nitrogens with one attached hydrogen (secondary N) is 1. The van der Waals surface area contributed by atoms with Gasteiger partial charge in [0.15, 0.2) is 0 Å². The molecule has 1 heterocycles. The molecule has 1 aliphatic rings. The number of carbonyl (C=O) groups excluding carboxylic acids is 1. The zero-order valence-electron chi connectivity index (χ0n) is 12.5. The molecule has 0 aliphatic carbocycles. The van der Waals surface area contributed by atoms with E-state index in [1.165, 1.54) is 0 Å². The number of benzene rings is 1. The molecule has 1 amide bonds. The van der Waals surface area contributed by atoms with Crippen molar-refractivity contribution in [3.05, 3.63) is 30.3 Å². The van der Waals surface area contributed by atoms with Crippen LogP contribution in [0.3, 0.4) is 0 Å². The van der Waals surface area contributed by atoms with Crippen molar-refractivity contribution >= 4 is 11.6 Å². The van der Waals surface area contributed by atoms with E-state index in [-0.39, 0.29) is 12.5 Å². The molecule has 1 atom stereocenters.